The van der Waals surface area contributed by atoms with E-state index in [9.17, 15) is 13.6 Å². The quantitative estimate of drug-likeness (QED) is 0.735. The zero-order valence-corrected chi connectivity index (χ0v) is 15.2. The molecule has 1 saturated carbocycles. The van der Waals surface area contributed by atoms with Crippen LogP contribution in [0.3, 0.4) is 0 Å². The largest absolute Gasteiger partial charge is 0.482 e. The third-order valence-corrected chi connectivity index (χ3v) is 5.17. The van der Waals surface area contributed by atoms with E-state index < -0.39 is 12.0 Å². The molecule has 1 aromatic heterocycles. The number of nitrogens with one attached hydrogen (secondary N) is 1. The first-order chi connectivity index (χ1) is 13.4. The van der Waals surface area contributed by atoms with Crippen molar-refractivity contribution in [3.8, 4) is 5.75 Å². The number of rotatable bonds is 4. The Hall–Kier alpha value is -3.16. The van der Waals surface area contributed by atoms with E-state index in [0.29, 0.717) is 11.4 Å². The zero-order chi connectivity index (χ0) is 19.5. The summed E-state index contributed by atoms with van der Waals surface area (Å²) in [6.45, 7) is 0.960. The Morgan fingerprint density at radius 2 is 1.96 bits per heavy atom. The minimum Gasteiger partial charge on any atom is -0.423 e. The molecule has 0 spiro atoms. The predicted octanol–water partition coefficient (Wildman–Crippen LogP) is 4.14. The topological polar surface area (TPSA) is 59.4 Å². The number of hydrogen-bond donors (Lipinski definition) is 1. The number of amides is 1. The molecule has 8 heteroatoms. The Bertz CT molecular complexity index is 1090. The van der Waals surface area contributed by atoms with Crippen molar-refractivity contribution in [2.45, 2.75) is 25.5 Å². The first-order valence-corrected chi connectivity index (χ1v) is 9.12. The van der Waals surface area contributed by atoms with Crippen LogP contribution in [0.1, 0.15) is 12.8 Å². The number of hydrogen-bond acceptors (Lipinski definition) is 4. The second-order valence-electron chi connectivity index (χ2n) is 7.33. The molecule has 0 atom stereocenters. The molecule has 1 aliphatic carbocycles. The van der Waals surface area contributed by atoms with Crippen LogP contribution in [0.5, 0.6) is 5.75 Å². The molecule has 0 saturated heterocycles. The second-order valence-corrected chi connectivity index (χ2v) is 7.33. The predicted molar refractivity (Wildman–Crippen MR) is 101 cm³/mol. The van der Waals surface area contributed by atoms with Gasteiger partial charge >= 0.3 is 12.0 Å². The van der Waals surface area contributed by atoms with Crippen LogP contribution in [0.2, 0.25) is 0 Å². The molecule has 1 aliphatic heterocycles. The third kappa shape index (κ3) is 2.85. The summed E-state index contributed by atoms with van der Waals surface area (Å²) in [7, 11) is 1.31. The van der Waals surface area contributed by atoms with E-state index in [1.54, 1.807) is 12.1 Å². The highest BCUT2D eigenvalue weighted by Gasteiger charge is 2.49. The third-order valence-electron chi connectivity index (χ3n) is 5.17. The van der Waals surface area contributed by atoms with Crippen LogP contribution in [-0.4, -0.2) is 28.6 Å². The summed E-state index contributed by atoms with van der Waals surface area (Å²) in [6.07, 6.45) is 0.506. The number of benzene rings is 2. The van der Waals surface area contributed by atoms with Crippen molar-refractivity contribution in [3.05, 3.63) is 42.7 Å². The highest BCUT2D eigenvalue weighted by molar-refractivity contribution is 6.00. The molecule has 28 heavy (non-hydrogen) atoms. The van der Waals surface area contributed by atoms with E-state index in [-0.39, 0.29) is 5.75 Å². The number of carbonyl (C=O) groups is 1. The second kappa shape index (κ2) is 5.92. The van der Waals surface area contributed by atoms with E-state index in [4.69, 9.17) is 0 Å². The lowest BCUT2D eigenvalue weighted by Crippen LogP contribution is -2.48. The van der Waals surface area contributed by atoms with Crippen molar-refractivity contribution < 1.29 is 18.3 Å². The standard InChI is InChI=1S/C20H18F2N4O2/c1-25-16-7-5-14(9-18(16)28-20(21,22)19(25)27)24-13-4-6-15-17(8-13)26(11-23-15)10-12-2-3-12/h4-9,11-12,24H,2-3,10H2,1H3. The number of imidazole rings is 1. The lowest BCUT2D eigenvalue weighted by molar-refractivity contribution is -0.192. The van der Waals surface area contributed by atoms with Gasteiger partial charge in [0.05, 0.1) is 23.0 Å². The first-order valence-electron chi connectivity index (χ1n) is 9.12. The van der Waals surface area contributed by atoms with Crippen molar-refractivity contribution in [3.63, 3.8) is 0 Å². The van der Waals surface area contributed by atoms with Crippen LogP contribution in [0.4, 0.5) is 25.8 Å². The Labute approximate surface area is 159 Å². The first kappa shape index (κ1) is 17.0. The lowest BCUT2D eigenvalue weighted by atomic mass is 10.2. The molecule has 2 heterocycles. The van der Waals surface area contributed by atoms with E-state index >= 15 is 0 Å². The molecule has 1 fully saturated rings. The normalized spacial score (nSPS) is 18.1. The van der Waals surface area contributed by atoms with Crippen LogP contribution >= 0.6 is 0 Å². The van der Waals surface area contributed by atoms with Gasteiger partial charge in [-0.15, -0.1) is 0 Å². The summed E-state index contributed by atoms with van der Waals surface area (Å²) >= 11 is 0. The fourth-order valence-electron chi connectivity index (χ4n) is 3.46. The smallest absolute Gasteiger partial charge is 0.423 e. The average Bonchev–Trinajstić information content (AvgIpc) is 3.39. The number of carbonyl (C=O) groups excluding carboxylic acids is 1. The van der Waals surface area contributed by atoms with Gasteiger partial charge in [-0.1, -0.05) is 0 Å². The van der Waals surface area contributed by atoms with Crippen LogP contribution < -0.4 is 15.0 Å². The van der Waals surface area contributed by atoms with Crippen molar-refractivity contribution >= 4 is 34.0 Å². The molecule has 0 bridgehead atoms. The maximum atomic E-state index is 13.7. The fourth-order valence-corrected chi connectivity index (χ4v) is 3.46. The number of fused-ring (bicyclic) bond motifs is 2. The van der Waals surface area contributed by atoms with Crippen molar-refractivity contribution in [1.82, 2.24) is 9.55 Å². The van der Waals surface area contributed by atoms with Gasteiger partial charge in [-0.25, -0.2) is 4.98 Å². The highest BCUT2D eigenvalue weighted by atomic mass is 19.3. The highest BCUT2D eigenvalue weighted by Crippen LogP contribution is 2.40. The molecule has 6 nitrogen and oxygen atoms in total. The Morgan fingerprint density at radius 1 is 1.21 bits per heavy atom. The summed E-state index contributed by atoms with van der Waals surface area (Å²) in [5, 5.41) is 3.22. The molecular formula is C20H18F2N4O2. The SMILES string of the molecule is CN1C(=O)C(F)(F)Oc2cc(Nc3ccc4ncn(CC5CC5)c4c3)ccc21. The fraction of sp³-hybridized carbons (Fsp3) is 0.300. The summed E-state index contributed by atoms with van der Waals surface area (Å²) in [5.41, 5.74) is 3.66. The molecule has 0 radical (unpaired) electrons. The monoisotopic (exact) mass is 384 g/mol. The van der Waals surface area contributed by atoms with Gasteiger partial charge in [0.25, 0.3) is 0 Å². The van der Waals surface area contributed by atoms with Crippen molar-refractivity contribution in [2.75, 3.05) is 17.3 Å². The van der Waals surface area contributed by atoms with Gasteiger partial charge in [-0.2, -0.15) is 8.78 Å². The van der Waals surface area contributed by atoms with Gasteiger partial charge in [0.1, 0.15) is 0 Å². The van der Waals surface area contributed by atoms with Crippen LogP contribution in [0.15, 0.2) is 42.7 Å². The number of anilines is 3. The molecule has 1 amide bonds. The Kier molecular flexibility index (Phi) is 3.59. The Morgan fingerprint density at radius 3 is 2.75 bits per heavy atom. The number of halogens is 2. The molecule has 5 rings (SSSR count). The van der Waals surface area contributed by atoms with Crippen LogP contribution in [0.25, 0.3) is 11.0 Å². The molecule has 1 N–H and O–H groups in total. The maximum absolute atomic E-state index is 13.7. The van der Waals surface area contributed by atoms with Crippen molar-refractivity contribution in [1.29, 1.82) is 0 Å². The Balaban J connectivity index is 1.44. The molecular weight excluding hydrogens is 366 g/mol. The molecule has 144 valence electrons. The summed E-state index contributed by atoms with van der Waals surface area (Å²) in [4.78, 5) is 17.0. The van der Waals surface area contributed by atoms with Gasteiger partial charge in [0.15, 0.2) is 5.75 Å². The minimum atomic E-state index is -3.87. The molecule has 2 aliphatic rings. The number of alkyl halides is 2. The zero-order valence-electron chi connectivity index (χ0n) is 15.2. The van der Waals surface area contributed by atoms with E-state index in [1.165, 1.54) is 26.0 Å². The van der Waals surface area contributed by atoms with Crippen molar-refractivity contribution in [2.24, 2.45) is 5.92 Å². The molecule has 2 aromatic carbocycles. The average molecular weight is 384 g/mol. The van der Waals surface area contributed by atoms with Gasteiger partial charge in [-0.05, 0) is 49.1 Å². The van der Waals surface area contributed by atoms with Crippen LogP contribution in [-0.2, 0) is 11.3 Å². The number of aromatic nitrogens is 2. The number of nitrogens with zero attached hydrogens (tertiary/aromatic N) is 3. The lowest BCUT2D eigenvalue weighted by Gasteiger charge is -2.31. The van der Waals surface area contributed by atoms with E-state index in [1.807, 2.05) is 24.5 Å². The maximum Gasteiger partial charge on any atom is 0.482 e. The summed E-state index contributed by atoms with van der Waals surface area (Å²) < 4.78 is 34.2. The minimum absolute atomic E-state index is 0.0445. The summed E-state index contributed by atoms with van der Waals surface area (Å²) in [6, 6.07) is 10.6. The molecule has 0 unspecified atom stereocenters. The van der Waals surface area contributed by atoms with Gasteiger partial charge in [0.2, 0.25) is 0 Å². The van der Waals surface area contributed by atoms with Gasteiger partial charge in [0, 0.05) is 31.0 Å². The summed E-state index contributed by atoms with van der Waals surface area (Å²) in [5.74, 6) is -0.694. The van der Waals surface area contributed by atoms with Gasteiger partial charge < -0.3 is 19.5 Å². The van der Waals surface area contributed by atoms with Crippen LogP contribution in [0, 0.1) is 5.92 Å². The number of ether oxygens (including phenoxy) is 1. The van der Waals surface area contributed by atoms with E-state index in [0.717, 1.165) is 34.1 Å². The van der Waals surface area contributed by atoms with Gasteiger partial charge in [-0.3, -0.25) is 4.79 Å². The van der Waals surface area contributed by atoms with E-state index in [2.05, 4.69) is 19.6 Å². The number of likely N-dealkylation sites (N-methyl/N-ethyl adjacent to an activating group) is 1. The molecule has 3 aromatic rings.